The van der Waals surface area contributed by atoms with E-state index in [0.29, 0.717) is 11.5 Å². The Morgan fingerprint density at radius 2 is 2.00 bits per heavy atom. The minimum Gasteiger partial charge on any atom is -0.504 e. The molecule has 2 nitrogen and oxygen atoms in total. The lowest BCUT2D eigenvalue weighted by Crippen LogP contribution is -2.05. The van der Waals surface area contributed by atoms with Gasteiger partial charge in [-0.05, 0) is 0 Å². The topological polar surface area (TPSA) is 31.5 Å². The Morgan fingerprint density at radius 3 is 2.44 bits per heavy atom. The molecule has 1 N–H and O–H groups in total. The molecule has 0 aromatic rings. The molecular weight excluding hydrogens is 116 g/mol. The maximum absolute atomic E-state index is 9.04. The van der Waals surface area contributed by atoms with E-state index in [1.54, 1.807) is 6.92 Å². The van der Waals surface area contributed by atoms with Gasteiger partial charge in [-0.3, -0.25) is 0 Å². The lowest BCUT2D eigenvalue weighted by molar-refractivity contribution is -0.405. The van der Waals surface area contributed by atoms with Gasteiger partial charge in [-0.1, -0.05) is 0 Å². The molecule has 0 spiro atoms. The molecule has 0 unspecified atom stereocenters. The maximum Gasteiger partial charge on any atom is 0.362 e. The molecule has 1 heterocycles. The van der Waals surface area contributed by atoms with Crippen LogP contribution in [0, 0.1) is 0 Å². The van der Waals surface area contributed by atoms with E-state index in [1.165, 1.54) is 0 Å². The Hall–Kier alpha value is -0.790. The molecule has 1 aliphatic rings. The van der Waals surface area contributed by atoms with E-state index < -0.39 is 0 Å². The van der Waals surface area contributed by atoms with Crippen molar-refractivity contribution in [2.45, 2.75) is 26.7 Å². The largest absolute Gasteiger partial charge is 0.504 e. The first-order chi connectivity index (χ1) is 4.20. The number of carbonyl (C=O) groups excluding carboxylic acids is 1. The summed E-state index contributed by atoms with van der Waals surface area (Å²) in [6.07, 6.45) is 1.58. The van der Waals surface area contributed by atoms with Crippen LogP contribution in [0.3, 0.4) is 0 Å². The fourth-order valence-corrected chi connectivity index (χ4v) is 0.842. The van der Waals surface area contributed by atoms with Crippen LogP contribution in [0.15, 0.2) is 11.5 Å². The van der Waals surface area contributed by atoms with Crippen LogP contribution < -0.4 is 0 Å². The van der Waals surface area contributed by atoms with Gasteiger partial charge in [-0.2, -0.15) is 0 Å². The minimum absolute atomic E-state index is 0.389. The first kappa shape index (κ1) is 6.33. The number of hydrogen-bond acceptors (Lipinski definition) is 1. The van der Waals surface area contributed by atoms with E-state index in [1.807, 2.05) is 6.92 Å². The molecule has 0 saturated carbocycles. The molecule has 0 saturated heterocycles. The lowest BCUT2D eigenvalue weighted by Gasteiger charge is -1.97. The highest BCUT2D eigenvalue weighted by Gasteiger charge is 2.19. The molecule has 2 heteroatoms. The zero-order valence-electron chi connectivity index (χ0n) is 5.77. The molecule has 0 aromatic carbocycles. The fraction of sp³-hybridized carbons (Fsp3) is 0.571. The van der Waals surface area contributed by atoms with Crippen LogP contribution in [0.25, 0.3) is 0 Å². The van der Waals surface area contributed by atoms with Crippen molar-refractivity contribution in [2.24, 2.45) is 0 Å². The van der Waals surface area contributed by atoms with E-state index in [9.17, 15) is 0 Å². The Bertz CT molecular complexity index is 177. The van der Waals surface area contributed by atoms with E-state index >= 15 is 0 Å². The molecule has 50 valence electrons. The van der Waals surface area contributed by atoms with Crippen molar-refractivity contribution >= 4 is 5.78 Å². The van der Waals surface area contributed by atoms with E-state index in [-0.39, 0.29) is 0 Å². The van der Waals surface area contributed by atoms with Crippen molar-refractivity contribution in [3.05, 3.63) is 11.5 Å². The van der Waals surface area contributed by atoms with E-state index in [2.05, 4.69) is 0 Å². The number of aliphatic hydroxyl groups is 1. The summed E-state index contributed by atoms with van der Waals surface area (Å²) in [6.45, 7) is 3.70. The average Bonchev–Trinajstić information content (AvgIpc) is 1.80. The van der Waals surface area contributed by atoms with Gasteiger partial charge in [-0.15, -0.1) is 0 Å². The molecule has 0 atom stereocenters. The van der Waals surface area contributed by atoms with Crippen molar-refractivity contribution < 1.29 is 9.53 Å². The molecule has 9 heavy (non-hydrogen) atoms. The predicted octanol–water partition coefficient (Wildman–Crippen LogP) is 1.69. The summed E-state index contributed by atoms with van der Waals surface area (Å²) in [5.41, 5.74) is 0. The second-order valence-electron chi connectivity index (χ2n) is 2.31. The number of allylic oxidation sites excluding steroid dienone is 2. The van der Waals surface area contributed by atoms with Crippen molar-refractivity contribution in [2.75, 3.05) is 0 Å². The fourth-order valence-electron chi connectivity index (χ4n) is 0.842. The Morgan fingerprint density at radius 1 is 1.33 bits per heavy atom. The van der Waals surface area contributed by atoms with Crippen molar-refractivity contribution in [1.82, 2.24) is 0 Å². The van der Waals surface area contributed by atoms with Crippen molar-refractivity contribution in [1.29, 1.82) is 0 Å². The molecular formula is C7H11O2+. The minimum atomic E-state index is 0.389. The van der Waals surface area contributed by atoms with Crippen molar-refractivity contribution in [3.8, 4) is 0 Å². The third-order valence-electron chi connectivity index (χ3n) is 1.45. The second-order valence-corrected chi connectivity index (χ2v) is 2.31. The highest BCUT2D eigenvalue weighted by atomic mass is 16.4. The van der Waals surface area contributed by atoms with E-state index in [0.717, 1.165) is 18.6 Å². The van der Waals surface area contributed by atoms with Gasteiger partial charge in [-0.25, -0.2) is 4.42 Å². The quantitative estimate of drug-likeness (QED) is 0.493. The van der Waals surface area contributed by atoms with Crippen LogP contribution in [-0.4, -0.2) is 10.9 Å². The normalized spacial score (nSPS) is 20.0. The summed E-state index contributed by atoms with van der Waals surface area (Å²) in [6, 6.07) is 0. The monoisotopic (exact) mass is 127 g/mol. The SMILES string of the molecule is CC1=[O+]C(C)=C(O)CC1. The smallest absolute Gasteiger partial charge is 0.362 e. The van der Waals surface area contributed by atoms with Crippen LogP contribution in [0.4, 0.5) is 0 Å². The summed E-state index contributed by atoms with van der Waals surface area (Å²) >= 11 is 0. The highest BCUT2D eigenvalue weighted by molar-refractivity contribution is 5.77. The second kappa shape index (κ2) is 2.21. The zero-order chi connectivity index (χ0) is 6.85. The van der Waals surface area contributed by atoms with Gasteiger partial charge in [0.1, 0.15) is 0 Å². The Kier molecular flexibility index (Phi) is 1.56. The number of aliphatic hydroxyl groups excluding tert-OH is 1. The third kappa shape index (κ3) is 1.31. The van der Waals surface area contributed by atoms with Crippen LogP contribution in [0.1, 0.15) is 26.7 Å². The molecule has 1 rings (SSSR count). The molecule has 1 aliphatic heterocycles. The number of rotatable bonds is 0. The summed E-state index contributed by atoms with van der Waals surface area (Å²) in [5, 5.41) is 9.04. The summed E-state index contributed by atoms with van der Waals surface area (Å²) in [7, 11) is 0. The van der Waals surface area contributed by atoms with Crippen LogP contribution in [0.5, 0.6) is 0 Å². The predicted molar refractivity (Wildman–Crippen MR) is 35.2 cm³/mol. The van der Waals surface area contributed by atoms with E-state index in [4.69, 9.17) is 9.53 Å². The number of hydrogen-bond donors (Lipinski definition) is 1. The Balaban J connectivity index is 2.83. The van der Waals surface area contributed by atoms with Crippen LogP contribution in [-0.2, 0) is 4.42 Å². The maximum atomic E-state index is 9.04. The summed E-state index contributed by atoms with van der Waals surface area (Å²) in [5.74, 6) is 2.03. The van der Waals surface area contributed by atoms with Crippen LogP contribution >= 0.6 is 0 Å². The highest BCUT2D eigenvalue weighted by Crippen LogP contribution is 2.12. The van der Waals surface area contributed by atoms with Gasteiger partial charge >= 0.3 is 11.5 Å². The first-order valence-corrected chi connectivity index (χ1v) is 3.09. The van der Waals surface area contributed by atoms with Crippen LogP contribution in [0.2, 0.25) is 0 Å². The van der Waals surface area contributed by atoms with Gasteiger partial charge in [0.05, 0.1) is 13.3 Å². The van der Waals surface area contributed by atoms with Gasteiger partial charge < -0.3 is 5.11 Å². The summed E-state index contributed by atoms with van der Waals surface area (Å²) < 4.78 is 5.14. The standard InChI is InChI=1S/C7H10O2/c1-5-3-4-7(8)6(2)9-5/h3-4H2,1-2H3/p+1. The van der Waals surface area contributed by atoms with Crippen molar-refractivity contribution in [3.63, 3.8) is 0 Å². The first-order valence-electron chi connectivity index (χ1n) is 3.09. The molecule has 0 fully saturated rings. The molecule has 0 amide bonds. The van der Waals surface area contributed by atoms with Gasteiger partial charge in [0.15, 0.2) is 5.76 Å². The summed E-state index contributed by atoms with van der Waals surface area (Å²) in [4.78, 5) is 0. The van der Waals surface area contributed by atoms with Gasteiger partial charge in [0.25, 0.3) is 0 Å². The van der Waals surface area contributed by atoms with Gasteiger partial charge in [0.2, 0.25) is 0 Å². The molecule has 0 aromatic heterocycles. The third-order valence-corrected chi connectivity index (χ3v) is 1.45. The Labute approximate surface area is 54.5 Å². The van der Waals surface area contributed by atoms with Gasteiger partial charge in [0, 0.05) is 13.3 Å². The molecule has 0 bridgehead atoms. The number of ketones is 1. The molecule has 0 radical (unpaired) electrons. The zero-order valence-corrected chi connectivity index (χ0v) is 5.77. The lowest BCUT2D eigenvalue weighted by atomic mass is 10.2. The average molecular weight is 127 g/mol. The molecule has 0 aliphatic carbocycles.